The molecule has 0 radical (unpaired) electrons. The van der Waals surface area contributed by atoms with Crippen LogP contribution in [0.3, 0.4) is 0 Å². The zero-order chi connectivity index (χ0) is 10.3. The van der Waals surface area contributed by atoms with Crippen molar-refractivity contribution in [1.29, 1.82) is 0 Å². The van der Waals surface area contributed by atoms with E-state index in [1.165, 1.54) is 0 Å². The zero-order valence-corrected chi connectivity index (χ0v) is 9.03. The molecule has 0 atom stereocenters. The van der Waals surface area contributed by atoms with Crippen molar-refractivity contribution in [3.05, 3.63) is 28.3 Å². The summed E-state index contributed by atoms with van der Waals surface area (Å²) in [6, 6.07) is 3.31. The van der Waals surface area contributed by atoms with Crippen LogP contribution in [0.5, 0.6) is 0 Å². The van der Waals surface area contributed by atoms with Crippen LogP contribution in [0.15, 0.2) is 17.0 Å². The van der Waals surface area contributed by atoms with Gasteiger partial charge in [-0.25, -0.2) is 13.6 Å². The number of rotatable bonds is 1. The Hall–Kier alpha value is -0.580. The number of benzene rings is 1. The molecule has 3 nitrogen and oxygen atoms in total. The summed E-state index contributed by atoms with van der Waals surface area (Å²) < 4.78 is 22.3. The molecule has 2 rings (SSSR count). The van der Waals surface area contributed by atoms with Gasteiger partial charge in [-0.3, -0.25) is 0 Å². The van der Waals surface area contributed by atoms with Crippen LogP contribution < -0.4 is 5.14 Å². The van der Waals surface area contributed by atoms with Gasteiger partial charge in [0.15, 0.2) is 0 Å². The van der Waals surface area contributed by atoms with Crippen LogP contribution in [0.4, 0.5) is 0 Å². The Morgan fingerprint density at radius 1 is 1.21 bits per heavy atom. The van der Waals surface area contributed by atoms with Crippen molar-refractivity contribution >= 4 is 21.6 Å². The molecule has 1 aromatic carbocycles. The van der Waals surface area contributed by atoms with E-state index in [1.807, 2.05) is 0 Å². The molecule has 0 heterocycles. The molecule has 1 aliphatic carbocycles. The maximum absolute atomic E-state index is 11.1. The first-order valence-corrected chi connectivity index (χ1v) is 6.25. The first kappa shape index (κ1) is 9.96. The molecule has 0 aromatic heterocycles. The van der Waals surface area contributed by atoms with Gasteiger partial charge in [0.05, 0.1) is 5.02 Å². The van der Waals surface area contributed by atoms with Gasteiger partial charge < -0.3 is 0 Å². The lowest BCUT2D eigenvalue weighted by molar-refractivity contribution is 0.597. The lowest BCUT2D eigenvalue weighted by atomic mass is 10.1. The van der Waals surface area contributed by atoms with Gasteiger partial charge in [-0.05, 0) is 42.5 Å². The molecule has 0 saturated carbocycles. The summed E-state index contributed by atoms with van der Waals surface area (Å²) in [5.74, 6) is 0. The zero-order valence-electron chi connectivity index (χ0n) is 7.46. The van der Waals surface area contributed by atoms with Gasteiger partial charge in [0, 0.05) is 0 Å². The minimum absolute atomic E-state index is 0.0415. The fourth-order valence-corrected chi connectivity index (χ4v) is 2.94. The highest BCUT2D eigenvalue weighted by Gasteiger charge is 2.19. The van der Waals surface area contributed by atoms with Crippen LogP contribution in [0, 0.1) is 0 Å². The van der Waals surface area contributed by atoms with E-state index in [1.54, 1.807) is 12.1 Å². The largest absolute Gasteiger partial charge is 0.239 e. The first-order chi connectivity index (χ1) is 6.48. The van der Waals surface area contributed by atoms with Crippen LogP contribution in [-0.2, 0) is 22.9 Å². The van der Waals surface area contributed by atoms with Gasteiger partial charge in [0.1, 0.15) is 4.90 Å². The van der Waals surface area contributed by atoms with E-state index >= 15 is 0 Å². The summed E-state index contributed by atoms with van der Waals surface area (Å²) in [5.41, 5.74) is 2.20. The summed E-state index contributed by atoms with van der Waals surface area (Å²) >= 11 is 5.83. The Morgan fingerprint density at radius 3 is 2.36 bits per heavy atom. The third-order valence-electron chi connectivity index (χ3n) is 2.45. The second-order valence-electron chi connectivity index (χ2n) is 3.45. The highest BCUT2D eigenvalue weighted by Crippen LogP contribution is 2.30. The van der Waals surface area contributed by atoms with Crippen LogP contribution in [0.1, 0.15) is 17.5 Å². The van der Waals surface area contributed by atoms with E-state index in [-0.39, 0.29) is 9.92 Å². The highest BCUT2D eigenvalue weighted by molar-refractivity contribution is 7.89. The Labute approximate surface area is 87.9 Å². The van der Waals surface area contributed by atoms with Crippen molar-refractivity contribution in [2.45, 2.75) is 24.2 Å². The summed E-state index contributed by atoms with van der Waals surface area (Å²) in [5, 5.41) is 5.27. The van der Waals surface area contributed by atoms with E-state index in [0.29, 0.717) is 0 Å². The van der Waals surface area contributed by atoms with Gasteiger partial charge in [-0.2, -0.15) is 0 Å². The third-order valence-corrected chi connectivity index (χ3v) is 3.83. The van der Waals surface area contributed by atoms with E-state index < -0.39 is 10.0 Å². The fourth-order valence-electron chi connectivity index (χ4n) is 1.79. The van der Waals surface area contributed by atoms with Crippen LogP contribution in [0.2, 0.25) is 5.02 Å². The molecule has 2 N–H and O–H groups in total. The van der Waals surface area contributed by atoms with Gasteiger partial charge >= 0.3 is 0 Å². The number of aryl methyl sites for hydroxylation is 2. The quantitative estimate of drug-likeness (QED) is 0.796. The second kappa shape index (κ2) is 3.22. The van der Waals surface area contributed by atoms with Crippen LogP contribution in [-0.4, -0.2) is 8.42 Å². The third kappa shape index (κ3) is 1.65. The summed E-state index contributed by atoms with van der Waals surface area (Å²) in [7, 11) is -3.69. The maximum atomic E-state index is 11.1. The number of hydrogen-bond donors (Lipinski definition) is 1. The molecular formula is C9H10ClNO2S. The molecule has 0 aliphatic heterocycles. The highest BCUT2D eigenvalue weighted by atomic mass is 35.5. The Bertz CT molecular complexity index is 482. The van der Waals surface area contributed by atoms with Gasteiger partial charge in [-0.15, -0.1) is 0 Å². The smallest absolute Gasteiger partial charge is 0.225 e. The lowest BCUT2D eigenvalue weighted by Crippen LogP contribution is -2.13. The van der Waals surface area contributed by atoms with Crippen molar-refractivity contribution < 1.29 is 8.42 Å². The van der Waals surface area contributed by atoms with E-state index in [2.05, 4.69) is 0 Å². The summed E-state index contributed by atoms with van der Waals surface area (Å²) in [4.78, 5) is 0.0415. The molecule has 5 heteroatoms. The molecule has 76 valence electrons. The van der Waals surface area contributed by atoms with Gasteiger partial charge in [-0.1, -0.05) is 11.6 Å². The second-order valence-corrected chi connectivity index (χ2v) is 5.39. The molecule has 0 fully saturated rings. The molecule has 0 saturated heterocycles. The van der Waals surface area contributed by atoms with Crippen molar-refractivity contribution in [3.8, 4) is 0 Å². The Morgan fingerprint density at radius 2 is 1.79 bits per heavy atom. The first-order valence-electron chi connectivity index (χ1n) is 4.32. The fraction of sp³-hybridized carbons (Fsp3) is 0.333. The normalized spacial score (nSPS) is 15.6. The molecule has 0 amide bonds. The molecule has 0 spiro atoms. The van der Waals surface area contributed by atoms with Crippen LogP contribution in [0.25, 0.3) is 0 Å². The average molecular weight is 232 g/mol. The number of halogens is 1. The number of sulfonamides is 1. The molecule has 1 aromatic rings. The number of primary sulfonamides is 1. The maximum Gasteiger partial charge on any atom is 0.239 e. The topological polar surface area (TPSA) is 60.2 Å². The molecule has 14 heavy (non-hydrogen) atoms. The SMILES string of the molecule is NS(=O)(=O)c1cc2c(cc1Cl)CCC2. The van der Waals surface area contributed by atoms with Gasteiger partial charge in [0.25, 0.3) is 0 Å². The monoisotopic (exact) mass is 231 g/mol. The Balaban J connectivity index is 2.65. The van der Waals surface area contributed by atoms with Crippen molar-refractivity contribution in [2.24, 2.45) is 5.14 Å². The molecule has 1 aliphatic rings. The number of nitrogens with two attached hydrogens (primary N) is 1. The van der Waals surface area contributed by atoms with Gasteiger partial charge in [0.2, 0.25) is 10.0 Å². The minimum Gasteiger partial charge on any atom is -0.225 e. The Kier molecular flexibility index (Phi) is 2.29. The predicted octanol–water partition coefficient (Wildman–Crippen LogP) is 1.48. The van der Waals surface area contributed by atoms with E-state index in [9.17, 15) is 8.42 Å². The number of hydrogen-bond acceptors (Lipinski definition) is 2. The standard InChI is InChI=1S/C9H10ClNO2S/c10-8-4-6-2-1-3-7(6)5-9(8)14(11,12)13/h4-5H,1-3H2,(H2,11,12,13). The van der Waals surface area contributed by atoms with E-state index in [4.69, 9.17) is 16.7 Å². The number of fused-ring (bicyclic) bond motifs is 1. The van der Waals surface area contributed by atoms with Crippen molar-refractivity contribution in [1.82, 2.24) is 0 Å². The minimum atomic E-state index is -3.69. The van der Waals surface area contributed by atoms with Crippen LogP contribution >= 0.6 is 11.6 Å². The predicted molar refractivity (Wildman–Crippen MR) is 54.9 cm³/mol. The molecule has 0 bridgehead atoms. The molecule has 0 unspecified atom stereocenters. The molecular weight excluding hydrogens is 222 g/mol. The average Bonchev–Trinajstić information content (AvgIpc) is 2.47. The van der Waals surface area contributed by atoms with Crippen molar-refractivity contribution in [2.75, 3.05) is 0 Å². The van der Waals surface area contributed by atoms with Crippen molar-refractivity contribution in [3.63, 3.8) is 0 Å². The summed E-state index contributed by atoms with van der Waals surface area (Å²) in [6.07, 6.45) is 2.94. The summed E-state index contributed by atoms with van der Waals surface area (Å²) in [6.45, 7) is 0. The van der Waals surface area contributed by atoms with E-state index in [0.717, 1.165) is 30.4 Å². The lowest BCUT2D eigenvalue weighted by Gasteiger charge is -2.05.